The van der Waals surface area contributed by atoms with E-state index >= 15 is 0 Å². The van der Waals surface area contributed by atoms with Gasteiger partial charge >= 0.3 is 0 Å². The van der Waals surface area contributed by atoms with Crippen LogP contribution in [0.4, 0.5) is 5.69 Å². The molecule has 2 nitrogen and oxygen atoms in total. The summed E-state index contributed by atoms with van der Waals surface area (Å²) in [4.78, 5) is 0. The minimum absolute atomic E-state index is 0.179. The largest absolute Gasteiger partial charge is 0.382 e. The van der Waals surface area contributed by atoms with E-state index < -0.39 is 0 Å². The molecule has 1 aliphatic carbocycles. The molecule has 106 valence electrons. The second kappa shape index (κ2) is 5.96. The highest BCUT2D eigenvalue weighted by molar-refractivity contribution is 5.54. The molecule has 1 aromatic rings. The second-order valence-electron chi connectivity index (χ2n) is 6.66. The average molecular weight is 261 g/mol. The van der Waals surface area contributed by atoms with Crippen LogP contribution in [0.25, 0.3) is 0 Å². The Bertz CT molecular complexity index is 408. The maximum Gasteiger partial charge on any atom is 0.0590 e. The van der Waals surface area contributed by atoms with E-state index in [4.69, 9.17) is 4.74 Å². The molecule has 2 unspecified atom stereocenters. The van der Waals surface area contributed by atoms with E-state index in [-0.39, 0.29) is 5.41 Å². The standard InChI is InChI=1S/C17H27NO/c1-17(2,3)15-10-5-6-11-16(15)18-13-8-7-9-14(12-13)19-4/h5-6,10-11,13-14,18H,7-9,12H2,1-4H3. The van der Waals surface area contributed by atoms with Crippen LogP contribution in [-0.4, -0.2) is 19.3 Å². The lowest BCUT2D eigenvalue weighted by Crippen LogP contribution is -2.31. The summed E-state index contributed by atoms with van der Waals surface area (Å²) in [5, 5.41) is 3.74. The van der Waals surface area contributed by atoms with Crippen LogP contribution in [0, 0.1) is 0 Å². The van der Waals surface area contributed by atoms with Crippen molar-refractivity contribution < 1.29 is 4.74 Å². The molecule has 0 amide bonds. The number of hydrogen-bond donors (Lipinski definition) is 1. The number of hydrogen-bond acceptors (Lipinski definition) is 2. The number of methoxy groups -OCH3 is 1. The van der Waals surface area contributed by atoms with Gasteiger partial charge in [-0.2, -0.15) is 0 Å². The highest BCUT2D eigenvalue weighted by Crippen LogP contribution is 2.31. The van der Waals surface area contributed by atoms with Gasteiger partial charge < -0.3 is 10.1 Å². The van der Waals surface area contributed by atoms with E-state index in [0.717, 1.165) is 6.42 Å². The Kier molecular flexibility index (Phi) is 4.51. The Hall–Kier alpha value is -1.02. The molecule has 0 saturated heterocycles. The minimum atomic E-state index is 0.179. The molecule has 0 spiro atoms. The summed E-state index contributed by atoms with van der Waals surface area (Å²) in [6.45, 7) is 6.81. The first-order valence-electron chi connectivity index (χ1n) is 7.39. The average Bonchev–Trinajstić information content (AvgIpc) is 2.38. The van der Waals surface area contributed by atoms with Crippen LogP contribution in [-0.2, 0) is 10.2 Å². The monoisotopic (exact) mass is 261 g/mol. The van der Waals surface area contributed by atoms with Gasteiger partial charge in [0.15, 0.2) is 0 Å². The lowest BCUT2D eigenvalue weighted by atomic mass is 9.85. The van der Waals surface area contributed by atoms with Crippen molar-refractivity contribution in [3.63, 3.8) is 0 Å². The number of para-hydroxylation sites is 1. The fraction of sp³-hybridized carbons (Fsp3) is 0.647. The molecule has 19 heavy (non-hydrogen) atoms. The van der Waals surface area contributed by atoms with Gasteiger partial charge in [0.05, 0.1) is 6.10 Å². The van der Waals surface area contributed by atoms with Crippen LogP contribution in [0.5, 0.6) is 0 Å². The number of benzene rings is 1. The number of anilines is 1. The van der Waals surface area contributed by atoms with Crippen LogP contribution in [0.15, 0.2) is 24.3 Å². The first kappa shape index (κ1) is 14.4. The van der Waals surface area contributed by atoms with E-state index in [0.29, 0.717) is 12.1 Å². The molecule has 1 N–H and O–H groups in total. The minimum Gasteiger partial charge on any atom is -0.382 e. The number of rotatable bonds is 3. The van der Waals surface area contributed by atoms with Crippen LogP contribution >= 0.6 is 0 Å². The van der Waals surface area contributed by atoms with Gasteiger partial charge in [-0.25, -0.2) is 0 Å². The van der Waals surface area contributed by atoms with Gasteiger partial charge in [-0.3, -0.25) is 0 Å². The van der Waals surface area contributed by atoms with E-state index in [9.17, 15) is 0 Å². The zero-order valence-corrected chi connectivity index (χ0v) is 12.7. The molecule has 2 atom stereocenters. The Labute approximate surface area is 117 Å². The molecule has 0 aromatic heterocycles. The summed E-state index contributed by atoms with van der Waals surface area (Å²) >= 11 is 0. The fourth-order valence-corrected chi connectivity index (χ4v) is 2.97. The quantitative estimate of drug-likeness (QED) is 0.873. The summed E-state index contributed by atoms with van der Waals surface area (Å²) in [6, 6.07) is 9.23. The van der Waals surface area contributed by atoms with Gasteiger partial charge in [-0.05, 0) is 42.7 Å². The third-order valence-corrected chi connectivity index (χ3v) is 4.05. The van der Waals surface area contributed by atoms with E-state index in [1.54, 1.807) is 0 Å². The first-order chi connectivity index (χ1) is 9.00. The van der Waals surface area contributed by atoms with Crippen LogP contribution in [0.2, 0.25) is 0 Å². The second-order valence-corrected chi connectivity index (χ2v) is 6.66. The lowest BCUT2D eigenvalue weighted by Gasteiger charge is -2.32. The van der Waals surface area contributed by atoms with Gasteiger partial charge in [0, 0.05) is 18.8 Å². The third-order valence-electron chi connectivity index (χ3n) is 4.05. The van der Waals surface area contributed by atoms with Crippen molar-refractivity contribution in [3.8, 4) is 0 Å². The van der Waals surface area contributed by atoms with Crippen LogP contribution in [0.3, 0.4) is 0 Å². The van der Waals surface area contributed by atoms with Crippen molar-refractivity contribution in [2.75, 3.05) is 12.4 Å². The summed E-state index contributed by atoms with van der Waals surface area (Å²) in [7, 11) is 1.83. The smallest absolute Gasteiger partial charge is 0.0590 e. The van der Waals surface area contributed by atoms with Crippen molar-refractivity contribution in [1.82, 2.24) is 0 Å². The lowest BCUT2D eigenvalue weighted by molar-refractivity contribution is 0.0669. The topological polar surface area (TPSA) is 21.3 Å². The van der Waals surface area contributed by atoms with Crippen molar-refractivity contribution in [3.05, 3.63) is 29.8 Å². The zero-order chi connectivity index (χ0) is 13.9. The van der Waals surface area contributed by atoms with Gasteiger partial charge in [0.1, 0.15) is 0 Å². The molecule has 0 aliphatic heterocycles. The van der Waals surface area contributed by atoms with Gasteiger partial charge in [0.2, 0.25) is 0 Å². The van der Waals surface area contributed by atoms with E-state index in [2.05, 4.69) is 50.4 Å². The maximum atomic E-state index is 5.52. The summed E-state index contributed by atoms with van der Waals surface area (Å²) in [5.74, 6) is 0. The van der Waals surface area contributed by atoms with Crippen molar-refractivity contribution in [1.29, 1.82) is 0 Å². The Morgan fingerprint density at radius 2 is 1.89 bits per heavy atom. The predicted molar refractivity (Wildman–Crippen MR) is 81.8 cm³/mol. The Morgan fingerprint density at radius 1 is 1.16 bits per heavy atom. The van der Waals surface area contributed by atoms with Crippen LogP contribution < -0.4 is 5.32 Å². The summed E-state index contributed by atoms with van der Waals surface area (Å²) in [6.07, 6.45) is 5.25. The summed E-state index contributed by atoms with van der Waals surface area (Å²) < 4.78 is 5.52. The predicted octanol–water partition coefficient (Wildman–Crippen LogP) is 4.35. The molecule has 2 rings (SSSR count). The number of ether oxygens (including phenoxy) is 1. The maximum absolute atomic E-state index is 5.52. The first-order valence-corrected chi connectivity index (χ1v) is 7.39. The normalized spacial score (nSPS) is 24.2. The number of nitrogens with one attached hydrogen (secondary N) is 1. The molecule has 1 fully saturated rings. The molecule has 1 saturated carbocycles. The molecule has 0 bridgehead atoms. The van der Waals surface area contributed by atoms with E-state index in [1.165, 1.54) is 30.5 Å². The molecular formula is C17H27NO. The van der Waals surface area contributed by atoms with Crippen molar-refractivity contribution >= 4 is 5.69 Å². The van der Waals surface area contributed by atoms with Gasteiger partial charge in [-0.15, -0.1) is 0 Å². The zero-order valence-electron chi connectivity index (χ0n) is 12.7. The van der Waals surface area contributed by atoms with Crippen molar-refractivity contribution in [2.45, 2.75) is 64.0 Å². The van der Waals surface area contributed by atoms with E-state index in [1.807, 2.05) is 7.11 Å². The Balaban J connectivity index is 2.11. The highest BCUT2D eigenvalue weighted by atomic mass is 16.5. The third kappa shape index (κ3) is 3.73. The summed E-state index contributed by atoms with van der Waals surface area (Å²) in [5.41, 5.74) is 2.87. The highest BCUT2D eigenvalue weighted by Gasteiger charge is 2.24. The van der Waals surface area contributed by atoms with Crippen LogP contribution in [0.1, 0.15) is 52.0 Å². The SMILES string of the molecule is COC1CCCC(Nc2ccccc2C(C)(C)C)C1. The fourth-order valence-electron chi connectivity index (χ4n) is 2.97. The molecule has 0 heterocycles. The van der Waals surface area contributed by atoms with Gasteiger partial charge in [0.25, 0.3) is 0 Å². The Morgan fingerprint density at radius 3 is 2.58 bits per heavy atom. The van der Waals surface area contributed by atoms with Gasteiger partial charge in [-0.1, -0.05) is 39.0 Å². The molecule has 1 aromatic carbocycles. The molecule has 0 radical (unpaired) electrons. The molecule has 1 aliphatic rings. The molecule has 2 heteroatoms. The van der Waals surface area contributed by atoms with Crippen molar-refractivity contribution in [2.24, 2.45) is 0 Å². The molecular weight excluding hydrogens is 234 g/mol.